The highest BCUT2D eigenvalue weighted by Crippen LogP contribution is 2.19. The molecule has 0 aromatic carbocycles. The molecule has 0 bridgehead atoms. The maximum atomic E-state index is 5.32. The Balaban J connectivity index is 0.000000980. The summed E-state index contributed by atoms with van der Waals surface area (Å²) in [7, 11) is 0. The number of ether oxygens (including phenoxy) is 1. The molecule has 0 saturated carbocycles. The van der Waals surface area contributed by atoms with Crippen molar-refractivity contribution in [3.05, 3.63) is 30.1 Å². The van der Waals surface area contributed by atoms with Crippen LogP contribution in [0.25, 0.3) is 0 Å². The number of hydrogen-bond donors (Lipinski definition) is 1. The van der Waals surface area contributed by atoms with E-state index >= 15 is 0 Å². The number of nitrogens with zero attached hydrogens (tertiary/aromatic N) is 1. The first kappa shape index (κ1) is 11.1. The van der Waals surface area contributed by atoms with Crippen LogP contribution in [0.15, 0.2) is 24.5 Å². The molecular formula is C11H18N2O. The van der Waals surface area contributed by atoms with Gasteiger partial charge in [-0.2, -0.15) is 0 Å². The van der Waals surface area contributed by atoms with Gasteiger partial charge in [0, 0.05) is 25.6 Å². The topological polar surface area (TPSA) is 57.1 Å². The quantitative estimate of drug-likeness (QED) is 0.785. The summed E-state index contributed by atoms with van der Waals surface area (Å²) in [5.74, 6) is 0.804. The van der Waals surface area contributed by atoms with Crippen LogP contribution in [0.5, 0.6) is 0 Å². The van der Waals surface area contributed by atoms with Crippen molar-refractivity contribution in [2.24, 2.45) is 5.92 Å². The number of aromatic nitrogens is 1. The van der Waals surface area contributed by atoms with Gasteiger partial charge in [-0.15, -0.1) is 0 Å². The summed E-state index contributed by atoms with van der Waals surface area (Å²) in [5.41, 5.74) is 1.36. The molecule has 1 saturated heterocycles. The van der Waals surface area contributed by atoms with Crippen LogP contribution in [0.2, 0.25) is 0 Å². The van der Waals surface area contributed by atoms with Crippen LogP contribution < -0.4 is 6.15 Å². The molecule has 0 spiro atoms. The molecule has 3 N–H and O–H groups in total. The third-order valence-corrected chi connectivity index (χ3v) is 2.59. The van der Waals surface area contributed by atoms with Gasteiger partial charge in [-0.3, -0.25) is 4.98 Å². The number of pyridine rings is 1. The SMILES string of the molecule is N.c1cncc(CC2CCOCC2)c1. The fraction of sp³-hybridized carbons (Fsp3) is 0.545. The fourth-order valence-electron chi connectivity index (χ4n) is 1.80. The molecule has 78 valence electrons. The zero-order chi connectivity index (χ0) is 8.93. The molecule has 1 aromatic rings. The molecule has 0 aliphatic carbocycles. The van der Waals surface area contributed by atoms with E-state index in [9.17, 15) is 0 Å². The maximum absolute atomic E-state index is 5.32. The van der Waals surface area contributed by atoms with Gasteiger partial charge in [0.25, 0.3) is 0 Å². The second kappa shape index (κ2) is 5.73. The molecule has 1 aromatic heterocycles. The molecule has 0 amide bonds. The van der Waals surface area contributed by atoms with Crippen molar-refractivity contribution in [1.29, 1.82) is 0 Å². The van der Waals surface area contributed by atoms with E-state index < -0.39 is 0 Å². The van der Waals surface area contributed by atoms with Gasteiger partial charge in [0.2, 0.25) is 0 Å². The first-order valence-electron chi connectivity index (χ1n) is 4.92. The Morgan fingerprint density at radius 3 is 2.79 bits per heavy atom. The zero-order valence-electron chi connectivity index (χ0n) is 8.48. The lowest BCUT2D eigenvalue weighted by molar-refractivity contribution is 0.0665. The van der Waals surface area contributed by atoms with E-state index in [0.29, 0.717) is 0 Å². The average Bonchev–Trinajstić information content (AvgIpc) is 2.21. The van der Waals surface area contributed by atoms with Gasteiger partial charge in [-0.25, -0.2) is 0 Å². The van der Waals surface area contributed by atoms with Gasteiger partial charge in [-0.1, -0.05) is 6.07 Å². The minimum absolute atomic E-state index is 0. The van der Waals surface area contributed by atoms with Crippen molar-refractivity contribution < 1.29 is 4.74 Å². The van der Waals surface area contributed by atoms with Gasteiger partial charge < -0.3 is 10.9 Å². The van der Waals surface area contributed by atoms with Crippen molar-refractivity contribution in [3.8, 4) is 0 Å². The minimum atomic E-state index is 0. The van der Waals surface area contributed by atoms with E-state index in [1.807, 2.05) is 18.5 Å². The standard InChI is InChI=1S/C11H15NO.H3N/c1-2-11(9-12-5-1)8-10-3-6-13-7-4-10;/h1-2,5,9-10H,3-4,6-8H2;1H3. The van der Waals surface area contributed by atoms with Gasteiger partial charge in [0.05, 0.1) is 0 Å². The van der Waals surface area contributed by atoms with Crippen LogP contribution in [0, 0.1) is 5.92 Å². The average molecular weight is 194 g/mol. The lowest BCUT2D eigenvalue weighted by Gasteiger charge is -2.21. The van der Waals surface area contributed by atoms with Crippen LogP contribution >= 0.6 is 0 Å². The van der Waals surface area contributed by atoms with Crippen LogP contribution in [0.1, 0.15) is 18.4 Å². The Kier molecular flexibility index (Phi) is 4.56. The minimum Gasteiger partial charge on any atom is -0.381 e. The highest BCUT2D eigenvalue weighted by molar-refractivity contribution is 5.09. The Hall–Kier alpha value is -0.930. The summed E-state index contributed by atoms with van der Waals surface area (Å²) in [4.78, 5) is 4.12. The summed E-state index contributed by atoms with van der Waals surface area (Å²) >= 11 is 0. The molecular weight excluding hydrogens is 176 g/mol. The third kappa shape index (κ3) is 3.09. The maximum Gasteiger partial charge on any atom is 0.0468 e. The number of rotatable bonds is 2. The summed E-state index contributed by atoms with van der Waals surface area (Å²) < 4.78 is 5.32. The van der Waals surface area contributed by atoms with Gasteiger partial charge in [0.1, 0.15) is 0 Å². The molecule has 14 heavy (non-hydrogen) atoms. The van der Waals surface area contributed by atoms with Crippen LogP contribution in [-0.4, -0.2) is 18.2 Å². The first-order chi connectivity index (χ1) is 6.45. The van der Waals surface area contributed by atoms with E-state index in [2.05, 4.69) is 11.1 Å². The molecule has 2 heterocycles. The normalized spacial score (nSPS) is 17.4. The van der Waals surface area contributed by atoms with E-state index in [1.54, 1.807) is 0 Å². The van der Waals surface area contributed by atoms with Gasteiger partial charge >= 0.3 is 0 Å². The summed E-state index contributed by atoms with van der Waals surface area (Å²) in [6.07, 6.45) is 7.37. The van der Waals surface area contributed by atoms with Crippen molar-refractivity contribution in [2.75, 3.05) is 13.2 Å². The van der Waals surface area contributed by atoms with Gasteiger partial charge in [0.15, 0.2) is 0 Å². The monoisotopic (exact) mass is 194 g/mol. The van der Waals surface area contributed by atoms with Crippen molar-refractivity contribution >= 4 is 0 Å². The summed E-state index contributed by atoms with van der Waals surface area (Å²) in [6.45, 7) is 1.87. The molecule has 3 heteroatoms. The molecule has 0 atom stereocenters. The Bertz CT molecular complexity index is 245. The lowest BCUT2D eigenvalue weighted by atomic mass is 9.93. The second-order valence-corrected chi connectivity index (χ2v) is 3.62. The summed E-state index contributed by atoms with van der Waals surface area (Å²) in [5, 5.41) is 0. The van der Waals surface area contributed by atoms with E-state index in [1.165, 1.54) is 18.4 Å². The highest BCUT2D eigenvalue weighted by atomic mass is 16.5. The fourth-order valence-corrected chi connectivity index (χ4v) is 1.80. The van der Waals surface area contributed by atoms with Crippen LogP contribution in [0.4, 0.5) is 0 Å². The Morgan fingerprint density at radius 2 is 2.14 bits per heavy atom. The third-order valence-electron chi connectivity index (χ3n) is 2.59. The molecule has 1 aliphatic rings. The van der Waals surface area contributed by atoms with Crippen molar-refractivity contribution in [3.63, 3.8) is 0 Å². The lowest BCUT2D eigenvalue weighted by Crippen LogP contribution is -2.17. The zero-order valence-corrected chi connectivity index (χ0v) is 8.48. The predicted molar refractivity (Wildman–Crippen MR) is 56.5 cm³/mol. The Morgan fingerprint density at radius 1 is 1.36 bits per heavy atom. The van der Waals surface area contributed by atoms with Crippen molar-refractivity contribution in [2.45, 2.75) is 19.3 Å². The van der Waals surface area contributed by atoms with Crippen molar-refractivity contribution in [1.82, 2.24) is 11.1 Å². The molecule has 0 radical (unpaired) electrons. The van der Waals surface area contributed by atoms with E-state index in [4.69, 9.17) is 4.74 Å². The van der Waals surface area contributed by atoms with E-state index in [-0.39, 0.29) is 6.15 Å². The highest BCUT2D eigenvalue weighted by Gasteiger charge is 2.13. The largest absolute Gasteiger partial charge is 0.381 e. The predicted octanol–water partition coefficient (Wildman–Crippen LogP) is 2.21. The molecule has 1 fully saturated rings. The smallest absolute Gasteiger partial charge is 0.0468 e. The van der Waals surface area contributed by atoms with Crippen LogP contribution in [0.3, 0.4) is 0 Å². The summed E-state index contributed by atoms with van der Waals surface area (Å²) in [6, 6.07) is 4.16. The molecule has 0 unspecified atom stereocenters. The number of hydrogen-bond acceptors (Lipinski definition) is 3. The second-order valence-electron chi connectivity index (χ2n) is 3.62. The Labute approximate surface area is 85.1 Å². The first-order valence-corrected chi connectivity index (χ1v) is 4.92. The van der Waals surface area contributed by atoms with Crippen LogP contribution in [-0.2, 0) is 11.2 Å². The molecule has 2 rings (SSSR count). The molecule has 1 aliphatic heterocycles. The van der Waals surface area contributed by atoms with Gasteiger partial charge in [-0.05, 0) is 36.8 Å². The van der Waals surface area contributed by atoms with E-state index in [0.717, 1.165) is 25.6 Å². The molecule has 3 nitrogen and oxygen atoms in total.